The molecule has 1 fully saturated rings. The topological polar surface area (TPSA) is 41.6 Å². The number of nitrogens with one attached hydrogen (secondary N) is 1. The molecule has 0 bridgehead atoms. The number of hydrogen-bond donors (Lipinski definition) is 1. The van der Waals surface area contributed by atoms with Crippen molar-refractivity contribution in [3.63, 3.8) is 0 Å². The van der Waals surface area contributed by atoms with Crippen LogP contribution in [0.5, 0.6) is 0 Å². The zero-order valence-electron chi connectivity index (χ0n) is 15.1. The van der Waals surface area contributed by atoms with Crippen LogP contribution in [0.1, 0.15) is 26.9 Å². The zero-order chi connectivity index (χ0) is 18.8. The molecule has 2 aromatic carbocycles. The summed E-state index contributed by atoms with van der Waals surface area (Å²) in [6.45, 7) is 3.07. The minimum absolute atomic E-state index is 0.0539. The standard InChI is InChI=1S/C21H21ClN2O2S/c1-23-21(25)20-19(16-7-2-3-8-18(16)27-20)17-13-24(9-10-26-17)12-14-5-4-6-15(22)11-14/h2-8,11,17H,9-10,12-13H2,1H3,(H,23,25)/t17-/m1/s1. The van der Waals surface area contributed by atoms with E-state index in [2.05, 4.69) is 28.4 Å². The van der Waals surface area contributed by atoms with Crippen molar-refractivity contribution in [1.29, 1.82) is 0 Å². The van der Waals surface area contributed by atoms with E-state index in [1.54, 1.807) is 7.05 Å². The SMILES string of the molecule is CNC(=O)c1sc2ccccc2c1[C@H]1CN(Cc2cccc(Cl)c2)CCO1. The van der Waals surface area contributed by atoms with Crippen molar-refractivity contribution in [2.24, 2.45) is 0 Å². The number of benzene rings is 2. The Balaban J connectivity index is 1.64. The molecule has 0 unspecified atom stereocenters. The first kappa shape index (κ1) is 18.4. The third-order valence-corrected chi connectivity index (χ3v) is 6.26. The first-order valence-corrected chi connectivity index (χ1v) is 10.2. The summed E-state index contributed by atoms with van der Waals surface area (Å²) in [5.74, 6) is -0.0539. The smallest absolute Gasteiger partial charge is 0.261 e. The number of nitrogens with zero attached hydrogens (tertiary/aromatic N) is 1. The lowest BCUT2D eigenvalue weighted by Crippen LogP contribution is -2.38. The van der Waals surface area contributed by atoms with Gasteiger partial charge >= 0.3 is 0 Å². The van der Waals surface area contributed by atoms with E-state index in [9.17, 15) is 4.79 Å². The van der Waals surface area contributed by atoms with Crippen molar-refractivity contribution >= 4 is 38.9 Å². The average molecular weight is 401 g/mol. The van der Waals surface area contributed by atoms with E-state index >= 15 is 0 Å². The Bertz CT molecular complexity index is 972. The second-order valence-electron chi connectivity index (χ2n) is 6.64. The minimum atomic E-state index is -0.124. The monoisotopic (exact) mass is 400 g/mol. The molecule has 1 aliphatic rings. The zero-order valence-corrected chi connectivity index (χ0v) is 16.6. The molecule has 1 aromatic heterocycles. The number of hydrogen-bond acceptors (Lipinski definition) is 4. The quantitative estimate of drug-likeness (QED) is 0.701. The van der Waals surface area contributed by atoms with Crippen LogP contribution in [0.3, 0.4) is 0 Å². The van der Waals surface area contributed by atoms with Crippen LogP contribution in [0, 0.1) is 0 Å². The van der Waals surface area contributed by atoms with Gasteiger partial charge < -0.3 is 10.1 Å². The number of halogens is 1. The van der Waals surface area contributed by atoms with Crippen LogP contribution in [-0.4, -0.2) is 37.6 Å². The van der Waals surface area contributed by atoms with E-state index in [-0.39, 0.29) is 12.0 Å². The number of carbonyl (C=O) groups is 1. The molecule has 0 spiro atoms. The van der Waals surface area contributed by atoms with Crippen molar-refractivity contribution in [2.45, 2.75) is 12.6 Å². The Kier molecular flexibility index (Phi) is 5.45. The van der Waals surface area contributed by atoms with Gasteiger partial charge in [0.15, 0.2) is 0 Å². The molecule has 4 rings (SSSR count). The molecule has 3 aromatic rings. The lowest BCUT2D eigenvalue weighted by molar-refractivity contribution is -0.0323. The molecule has 140 valence electrons. The highest BCUT2D eigenvalue weighted by Crippen LogP contribution is 2.38. The second-order valence-corrected chi connectivity index (χ2v) is 8.13. The number of ether oxygens (including phenoxy) is 1. The highest BCUT2D eigenvalue weighted by atomic mass is 35.5. The van der Waals surface area contributed by atoms with Gasteiger partial charge in [-0.15, -0.1) is 11.3 Å². The molecule has 2 heterocycles. The van der Waals surface area contributed by atoms with Gasteiger partial charge in [0.2, 0.25) is 0 Å². The highest BCUT2D eigenvalue weighted by molar-refractivity contribution is 7.21. The molecular weight excluding hydrogens is 380 g/mol. The Morgan fingerprint density at radius 1 is 1.30 bits per heavy atom. The summed E-state index contributed by atoms with van der Waals surface area (Å²) in [4.78, 5) is 15.6. The van der Waals surface area contributed by atoms with Gasteiger partial charge in [0.25, 0.3) is 5.91 Å². The molecule has 4 nitrogen and oxygen atoms in total. The average Bonchev–Trinajstić information content (AvgIpc) is 3.07. The summed E-state index contributed by atoms with van der Waals surface area (Å²) in [6.07, 6.45) is -0.124. The summed E-state index contributed by atoms with van der Waals surface area (Å²) >= 11 is 7.65. The van der Waals surface area contributed by atoms with Gasteiger partial charge in [-0.1, -0.05) is 41.9 Å². The number of thiophene rings is 1. The first-order chi connectivity index (χ1) is 13.2. The van der Waals surface area contributed by atoms with Crippen LogP contribution in [-0.2, 0) is 11.3 Å². The lowest BCUT2D eigenvalue weighted by atomic mass is 10.0. The van der Waals surface area contributed by atoms with E-state index in [4.69, 9.17) is 16.3 Å². The Morgan fingerprint density at radius 3 is 2.96 bits per heavy atom. The van der Waals surface area contributed by atoms with Crippen molar-refractivity contribution < 1.29 is 9.53 Å². The van der Waals surface area contributed by atoms with Gasteiger partial charge in [0.1, 0.15) is 0 Å². The highest BCUT2D eigenvalue weighted by Gasteiger charge is 2.29. The molecule has 0 radical (unpaired) electrons. The molecule has 1 atom stereocenters. The fourth-order valence-corrected chi connectivity index (χ4v) is 5.00. The molecule has 1 aliphatic heterocycles. The van der Waals surface area contributed by atoms with Gasteiger partial charge in [-0.05, 0) is 29.1 Å². The number of fused-ring (bicyclic) bond motifs is 1. The first-order valence-electron chi connectivity index (χ1n) is 8.97. The molecule has 6 heteroatoms. The summed E-state index contributed by atoms with van der Waals surface area (Å²) in [5, 5.41) is 4.63. The fourth-order valence-electron chi connectivity index (χ4n) is 3.58. The number of amides is 1. The van der Waals surface area contributed by atoms with E-state index in [0.717, 1.165) is 45.2 Å². The predicted octanol–water partition coefficient (Wildman–Crippen LogP) is 4.49. The maximum absolute atomic E-state index is 12.5. The molecule has 27 heavy (non-hydrogen) atoms. The molecular formula is C21H21ClN2O2S. The van der Waals surface area contributed by atoms with E-state index in [1.165, 1.54) is 16.9 Å². The summed E-state index contributed by atoms with van der Waals surface area (Å²) in [7, 11) is 1.67. The van der Waals surface area contributed by atoms with Gasteiger partial charge in [-0.3, -0.25) is 9.69 Å². The van der Waals surface area contributed by atoms with Crippen molar-refractivity contribution in [3.05, 3.63) is 69.6 Å². The normalized spacial score (nSPS) is 17.9. The Morgan fingerprint density at radius 2 is 2.15 bits per heavy atom. The molecule has 1 N–H and O–H groups in total. The van der Waals surface area contributed by atoms with Crippen LogP contribution < -0.4 is 5.32 Å². The van der Waals surface area contributed by atoms with Crippen LogP contribution in [0.15, 0.2) is 48.5 Å². The van der Waals surface area contributed by atoms with Gasteiger partial charge in [0.05, 0.1) is 17.6 Å². The minimum Gasteiger partial charge on any atom is -0.371 e. The van der Waals surface area contributed by atoms with E-state index < -0.39 is 0 Å². The van der Waals surface area contributed by atoms with Gasteiger partial charge in [-0.2, -0.15) is 0 Å². The summed E-state index contributed by atoms with van der Waals surface area (Å²) in [6, 6.07) is 16.1. The number of carbonyl (C=O) groups excluding carboxylic acids is 1. The fraction of sp³-hybridized carbons (Fsp3) is 0.286. The number of morpholine rings is 1. The van der Waals surface area contributed by atoms with Crippen LogP contribution in [0.2, 0.25) is 5.02 Å². The van der Waals surface area contributed by atoms with E-state index in [1.807, 2.05) is 30.3 Å². The predicted molar refractivity (Wildman–Crippen MR) is 111 cm³/mol. The van der Waals surface area contributed by atoms with Crippen molar-refractivity contribution in [3.8, 4) is 0 Å². The van der Waals surface area contributed by atoms with Crippen LogP contribution in [0.4, 0.5) is 0 Å². The Hall–Kier alpha value is -1.92. The van der Waals surface area contributed by atoms with E-state index in [0.29, 0.717) is 6.61 Å². The Labute approximate surface area is 167 Å². The third kappa shape index (κ3) is 3.87. The second kappa shape index (κ2) is 7.98. The van der Waals surface area contributed by atoms with Crippen LogP contribution >= 0.6 is 22.9 Å². The largest absolute Gasteiger partial charge is 0.371 e. The lowest BCUT2D eigenvalue weighted by Gasteiger charge is -2.33. The van der Waals surface area contributed by atoms with Crippen LogP contribution in [0.25, 0.3) is 10.1 Å². The summed E-state index contributed by atoms with van der Waals surface area (Å²) in [5.41, 5.74) is 2.19. The number of rotatable bonds is 4. The maximum atomic E-state index is 12.5. The molecule has 0 aliphatic carbocycles. The maximum Gasteiger partial charge on any atom is 0.261 e. The summed E-state index contributed by atoms with van der Waals surface area (Å²) < 4.78 is 7.23. The third-order valence-electron chi connectivity index (χ3n) is 4.83. The molecule has 1 saturated heterocycles. The van der Waals surface area contributed by atoms with Gasteiger partial charge in [0, 0.05) is 42.0 Å². The van der Waals surface area contributed by atoms with Crippen molar-refractivity contribution in [2.75, 3.05) is 26.7 Å². The van der Waals surface area contributed by atoms with Crippen molar-refractivity contribution in [1.82, 2.24) is 10.2 Å². The molecule has 0 saturated carbocycles. The van der Waals surface area contributed by atoms with Gasteiger partial charge in [-0.25, -0.2) is 0 Å². The molecule has 1 amide bonds.